The summed E-state index contributed by atoms with van der Waals surface area (Å²) in [5, 5.41) is 54.3. The van der Waals surface area contributed by atoms with E-state index in [-0.39, 0.29) is 12.5 Å². The topological polar surface area (TPSA) is 149 Å². The maximum atomic E-state index is 13.0. The van der Waals surface area contributed by atoms with E-state index in [0.717, 1.165) is 38.5 Å². The molecule has 0 radical (unpaired) electrons. The highest BCUT2D eigenvalue weighted by Crippen LogP contribution is 2.23. The number of unbranched alkanes of at least 4 members (excludes halogenated alkanes) is 30. The van der Waals surface area contributed by atoms with Crippen LogP contribution in [0.15, 0.2) is 12.2 Å². The molecule has 1 saturated heterocycles. The van der Waals surface area contributed by atoms with Crippen LogP contribution < -0.4 is 5.32 Å². The normalized spacial score (nSPS) is 20.8. The Kier molecular flexibility index (Phi) is 37.9. The standard InChI is InChI=1S/C49H95NO8/c1-3-5-7-9-11-13-15-16-17-18-19-20-21-22-23-24-25-26-27-28-29-31-33-35-37-39-45(53)50-42(41-57-49-48(56)47(55)46(54)44(40-51)58-49)43(52)38-36-34-32-30-14-12-10-8-6-4-2/h18-19,42-44,46-49,51-52,54-56H,3-17,20-41H2,1-2H3,(H,50,53)/b19-18-. The van der Waals surface area contributed by atoms with Gasteiger partial charge in [-0.15, -0.1) is 0 Å². The van der Waals surface area contributed by atoms with Crippen LogP contribution in [0.3, 0.4) is 0 Å². The summed E-state index contributed by atoms with van der Waals surface area (Å²) in [7, 11) is 0. The third-order valence-corrected chi connectivity index (χ3v) is 12.1. The van der Waals surface area contributed by atoms with Gasteiger partial charge in [0.1, 0.15) is 24.4 Å². The summed E-state index contributed by atoms with van der Waals surface area (Å²) in [6.07, 6.45) is 39.5. The quantitative estimate of drug-likeness (QED) is 0.0263. The molecular weight excluding hydrogens is 731 g/mol. The Labute approximate surface area is 356 Å². The van der Waals surface area contributed by atoms with Crippen molar-refractivity contribution in [2.45, 2.75) is 281 Å². The van der Waals surface area contributed by atoms with Crippen molar-refractivity contribution < 1.29 is 39.8 Å². The average Bonchev–Trinajstić information content (AvgIpc) is 3.22. The Balaban J connectivity index is 2.18. The van der Waals surface area contributed by atoms with Gasteiger partial charge >= 0.3 is 0 Å². The first kappa shape index (κ1) is 54.9. The number of hydrogen-bond acceptors (Lipinski definition) is 8. The van der Waals surface area contributed by atoms with Crippen molar-refractivity contribution in [2.75, 3.05) is 13.2 Å². The highest BCUT2D eigenvalue weighted by Gasteiger charge is 2.44. The zero-order chi connectivity index (χ0) is 42.3. The molecule has 0 aliphatic carbocycles. The van der Waals surface area contributed by atoms with E-state index in [0.29, 0.717) is 12.8 Å². The molecule has 1 heterocycles. The molecule has 0 aromatic heterocycles. The fourth-order valence-corrected chi connectivity index (χ4v) is 8.10. The second-order valence-corrected chi connectivity index (χ2v) is 17.6. The Morgan fingerprint density at radius 2 is 0.966 bits per heavy atom. The van der Waals surface area contributed by atoms with Gasteiger partial charge in [0.05, 0.1) is 25.4 Å². The Hall–Kier alpha value is -1.07. The first-order valence-corrected chi connectivity index (χ1v) is 24.9. The van der Waals surface area contributed by atoms with Crippen molar-refractivity contribution >= 4 is 5.91 Å². The summed E-state index contributed by atoms with van der Waals surface area (Å²) in [5.41, 5.74) is 0. The van der Waals surface area contributed by atoms with Gasteiger partial charge in [-0.05, 0) is 38.5 Å². The van der Waals surface area contributed by atoms with Crippen molar-refractivity contribution in [3.63, 3.8) is 0 Å². The molecule has 9 nitrogen and oxygen atoms in total. The maximum Gasteiger partial charge on any atom is 0.220 e. The lowest BCUT2D eigenvalue weighted by Crippen LogP contribution is -2.60. The summed E-state index contributed by atoms with van der Waals surface area (Å²) in [4.78, 5) is 13.0. The molecule has 1 fully saturated rings. The molecule has 1 aliphatic rings. The Morgan fingerprint density at radius 3 is 1.40 bits per heavy atom. The van der Waals surface area contributed by atoms with Crippen molar-refractivity contribution in [1.29, 1.82) is 0 Å². The van der Waals surface area contributed by atoms with Gasteiger partial charge in [-0.25, -0.2) is 0 Å². The molecule has 58 heavy (non-hydrogen) atoms. The third kappa shape index (κ3) is 30.0. The lowest BCUT2D eigenvalue weighted by Gasteiger charge is -2.40. The Morgan fingerprint density at radius 1 is 0.569 bits per heavy atom. The van der Waals surface area contributed by atoms with Crippen LogP contribution in [0.4, 0.5) is 0 Å². The SMILES string of the molecule is CCCCCCCCCC/C=C\CCCCCCCCCCCCCCCC(=O)NC(COC1OC(CO)C(O)C(O)C1O)C(O)CCCCCCCCCCCC. The maximum absolute atomic E-state index is 13.0. The number of allylic oxidation sites excluding steroid dienone is 2. The Bertz CT molecular complexity index is 919. The zero-order valence-corrected chi connectivity index (χ0v) is 37.8. The van der Waals surface area contributed by atoms with E-state index in [1.54, 1.807) is 0 Å². The molecule has 9 heteroatoms. The number of aliphatic hydroxyl groups excluding tert-OH is 5. The van der Waals surface area contributed by atoms with E-state index < -0.39 is 49.5 Å². The second-order valence-electron chi connectivity index (χ2n) is 17.6. The molecule has 6 N–H and O–H groups in total. The minimum absolute atomic E-state index is 0.134. The number of carbonyl (C=O) groups excluding carboxylic acids is 1. The average molecular weight is 826 g/mol. The van der Waals surface area contributed by atoms with Gasteiger partial charge in [-0.3, -0.25) is 4.79 Å². The number of rotatable bonds is 42. The van der Waals surface area contributed by atoms with Crippen molar-refractivity contribution in [3.05, 3.63) is 12.2 Å². The molecule has 0 spiro atoms. The van der Waals surface area contributed by atoms with E-state index in [4.69, 9.17) is 9.47 Å². The van der Waals surface area contributed by atoms with E-state index in [1.165, 1.54) is 173 Å². The molecule has 7 unspecified atom stereocenters. The summed E-state index contributed by atoms with van der Waals surface area (Å²) in [6, 6.07) is -0.713. The van der Waals surface area contributed by atoms with Crippen LogP contribution >= 0.6 is 0 Å². The summed E-state index contributed by atoms with van der Waals surface area (Å²) < 4.78 is 11.2. The van der Waals surface area contributed by atoms with E-state index >= 15 is 0 Å². The highest BCUT2D eigenvalue weighted by atomic mass is 16.7. The number of amides is 1. The molecule has 1 aliphatic heterocycles. The molecule has 0 aromatic rings. The van der Waals surface area contributed by atoms with Crippen LogP contribution in [0.25, 0.3) is 0 Å². The van der Waals surface area contributed by atoms with Crippen LogP contribution in [0.1, 0.15) is 239 Å². The molecule has 7 atom stereocenters. The van der Waals surface area contributed by atoms with Crippen molar-refractivity contribution in [3.8, 4) is 0 Å². The summed E-state index contributed by atoms with van der Waals surface area (Å²) in [6.45, 7) is 3.83. The fourth-order valence-electron chi connectivity index (χ4n) is 8.10. The van der Waals surface area contributed by atoms with Crippen LogP contribution in [0, 0.1) is 0 Å². The monoisotopic (exact) mass is 826 g/mol. The van der Waals surface area contributed by atoms with Crippen LogP contribution in [0.2, 0.25) is 0 Å². The van der Waals surface area contributed by atoms with Gasteiger partial charge in [0.2, 0.25) is 5.91 Å². The number of aliphatic hydroxyl groups is 5. The highest BCUT2D eigenvalue weighted by molar-refractivity contribution is 5.76. The molecular formula is C49H95NO8. The summed E-state index contributed by atoms with van der Waals surface area (Å²) >= 11 is 0. The third-order valence-electron chi connectivity index (χ3n) is 12.1. The van der Waals surface area contributed by atoms with Gasteiger partial charge in [0.15, 0.2) is 6.29 Å². The van der Waals surface area contributed by atoms with Crippen molar-refractivity contribution in [2.24, 2.45) is 0 Å². The molecule has 0 aromatic carbocycles. The van der Waals surface area contributed by atoms with E-state index in [2.05, 4.69) is 31.3 Å². The van der Waals surface area contributed by atoms with Crippen LogP contribution in [-0.4, -0.2) is 87.5 Å². The first-order chi connectivity index (χ1) is 28.3. The summed E-state index contributed by atoms with van der Waals surface area (Å²) in [5.74, 6) is -0.143. The molecule has 0 saturated carbocycles. The van der Waals surface area contributed by atoms with Crippen molar-refractivity contribution in [1.82, 2.24) is 5.32 Å². The number of nitrogens with one attached hydrogen (secondary N) is 1. The number of ether oxygens (including phenoxy) is 2. The fraction of sp³-hybridized carbons (Fsp3) is 0.939. The van der Waals surface area contributed by atoms with Gasteiger partial charge in [-0.2, -0.15) is 0 Å². The van der Waals surface area contributed by atoms with Gasteiger partial charge in [0.25, 0.3) is 0 Å². The minimum atomic E-state index is -1.55. The van der Waals surface area contributed by atoms with Gasteiger partial charge in [0, 0.05) is 6.42 Å². The largest absolute Gasteiger partial charge is 0.394 e. The first-order valence-electron chi connectivity index (χ1n) is 24.9. The molecule has 344 valence electrons. The van der Waals surface area contributed by atoms with Gasteiger partial charge < -0.3 is 40.3 Å². The predicted molar refractivity (Wildman–Crippen MR) is 240 cm³/mol. The molecule has 0 bridgehead atoms. The minimum Gasteiger partial charge on any atom is -0.394 e. The number of carbonyl (C=O) groups is 1. The van der Waals surface area contributed by atoms with E-state index in [9.17, 15) is 30.3 Å². The smallest absolute Gasteiger partial charge is 0.220 e. The lowest BCUT2D eigenvalue weighted by molar-refractivity contribution is -0.302. The zero-order valence-electron chi connectivity index (χ0n) is 37.8. The molecule has 1 rings (SSSR count). The predicted octanol–water partition coefficient (Wildman–Crippen LogP) is 10.9. The lowest BCUT2D eigenvalue weighted by atomic mass is 9.99. The number of hydrogen-bond donors (Lipinski definition) is 6. The second kappa shape index (κ2) is 40.0. The van der Waals surface area contributed by atoms with Crippen LogP contribution in [0.5, 0.6) is 0 Å². The van der Waals surface area contributed by atoms with E-state index in [1.807, 2.05) is 0 Å². The van der Waals surface area contributed by atoms with Crippen LogP contribution in [-0.2, 0) is 14.3 Å². The molecule has 1 amide bonds. The van der Waals surface area contributed by atoms with Gasteiger partial charge in [-0.1, -0.05) is 206 Å².